The smallest absolute Gasteiger partial charge is 0.0650 e. The normalized spacial score (nSPS) is 11.6. The first-order valence-electron chi connectivity index (χ1n) is 7.24. The fraction of sp³-hybridized carbons (Fsp3) is 0.105. The molecule has 110 valence electrons. The Morgan fingerprint density at radius 2 is 1.68 bits per heavy atom. The maximum absolute atomic E-state index is 6.15. The minimum absolute atomic E-state index is 0.613. The quantitative estimate of drug-likeness (QED) is 0.532. The lowest BCUT2D eigenvalue weighted by Crippen LogP contribution is -2.09. The highest BCUT2D eigenvalue weighted by atomic mass is 35.5. The third-order valence-corrected chi connectivity index (χ3v) is 4.02. The highest BCUT2D eigenvalue weighted by Gasteiger charge is 2.03. The molecule has 0 aliphatic rings. The minimum atomic E-state index is 0.613. The number of hydrogen-bond donors (Lipinski definition) is 1. The van der Waals surface area contributed by atoms with Gasteiger partial charge in [0.2, 0.25) is 0 Å². The first kappa shape index (κ1) is 14.6. The summed E-state index contributed by atoms with van der Waals surface area (Å²) in [5, 5.41) is 7.68. The zero-order chi connectivity index (χ0) is 15.4. The summed E-state index contributed by atoms with van der Waals surface area (Å²) in [4.78, 5) is 0. The van der Waals surface area contributed by atoms with E-state index in [1.807, 2.05) is 37.3 Å². The Hall–Kier alpha value is -2.32. The minimum Gasteiger partial charge on any atom is -0.305 e. The van der Waals surface area contributed by atoms with Crippen LogP contribution >= 0.6 is 11.6 Å². The van der Waals surface area contributed by atoms with Crippen molar-refractivity contribution in [3.8, 4) is 0 Å². The third kappa shape index (κ3) is 3.12. The molecule has 0 saturated carbocycles. The predicted octanol–water partition coefficient (Wildman–Crippen LogP) is 5.01. The van der Waals surface area contributed by atoms with Crippen LogP contribution in [0.2, 0.25) is 5.02 Å². The van der Waals surface area contributed by atoms with Crippen molar-refractivity contribution in [2.24, 2.45) is 5.10 Å². The molecule has 0 amide bonds. The SMILES string of the molecule is C/C(=N/NCc1ccccc1Cl)c1cccc2ccccc12. The van der Waals surface area contributed by atoms with Crippen LogP contribution in [0.25, 0.3) is 10.8 Å². The second kappa shape index (κ2) is 6.63. The van der Waals surface area contributed by atoms with E-state index in [-0.39, 0.29) is 0 Å². The molecule has 0 atom stereocenters. The van der Waals surface area contributed by atoms with E-state index in [9.17, 15) is 0 Å². The maximum atomic E-state index is 6.15. The van der Waals surface area contributed by atoms with Crippen LogP contribution in [0.1, 0.15) is 18.1 Å². The van der Waals surface area contributed by atoms with Crippen molar-refractivity contribution in [1.29, 1.82) is 0 Å². The molecule has 2 nitrogen and oxygen atoms in total. The summed E-state index contributed by atoms with van der Waals surface area (Å²) in [6.45, 7) is 2.63. The number of hydrogen-bond acceptors (Lipinski definition) is 2. The highest BCUT2D eigenvalue weighted by molar-refractivity contribution is 6.31. The van der Waals surface area contributed by atoms with E-state index in [0.29, 0.717) is 6.54 Å². The summed E-state index contributed by atoms with van der Waals surface area (Å²) in [6, 6.07) is 22.4. The Morgan fingerprint density at radius 3 is 2.55 bits per heavy atom. The standard InChI is InChI=1S/C19H17ClN2/c1-14(22-21-13-16-8-3-5-12-19(16)20)17-11-6-9-15-7-2-4-10-18(15)17/h2-12,21H,13H2,1H3/b22-14-. The first-order valence-corrected chi connectivity index (χ1v) is 7.62. The van der Waals surface area contributed by atoms with Gasteiger partial charge in [0.1, 0.15) is 0 Å². The zero-order valence-electron chi connectivity index (χ0n) is 12.4. The Bertz CT molecular complexity index is 819. The van der Waals surface area contributed by atoms with E-state index in [1.165, 1.54) is 10.8 Å². The number of nitrogens with zero attached hydrogens (tertiary/aromatic N) is 1. The van der Waals surface area contributed by atoms with E-state index < -0.39 is 0 Å². The number of benzene rings is 3. The molecule has 0 heterocycles. The Labute approximate surface area is 135 Å². The van der Waals surface area contributed by atoms with Crippen LogP contribution in [-0.2, 0) is 6.54 Å². The number of rotatable bonds is 4. The van der Waals surface area contributed by atoms with Gasteiger partial charge in [-0.3, -0.25) is 0 Å². The molecule has 0 saturated heterocycles. The summed E-state index contributed by atoms with van der Waals surface area (Å²) < 4.78 is 0. The number of hydrazone groups is 1. The van der Waals surface area contributed by atoms with E-state index >= 15 is 0 Å². The third-order valence-electron chi connectivity index (χ3n) is 3.65. The van der Waals surface area contributed by atoms with E-state index in [4.69, 9.17) is 11.6 Å². The van der Waals surface area contributed by atoms with Crippen LogP contribution < -0.4 is 5.43 Å². The van der Waals surface area contributed by atoms with Gasteiger partial charge >= 0.3 is 0 Å². The summed E-state index contributed by atoms with van der Waals surface area (Å²) in [5.41, 5.74) is 6.25. The Morgan fingerprint density at radius 1 is 0.955 bits per heavy atom. The molecule has 3 aromatic rings. The van der Waals surface area contributed by atoms with E-state index in [0.717, 1.165) is 21.9 Å². The predicted molar refractivity (Wildman–Crippen MR) is 94.5 cm³/mol. The number of fused-ring (bicyclic) bond motifs is 1. The average molecular weight is 309 g/mol. The van der Waals surface area contributed by atoms with Crippen molar-refractivity contribution in [2.45, 2.75) is 13.5 Å². The molecule has 0 aliphatic heterocycles. The Kier molecular flexibility index (Phi) is 4.40. The van der Waals surface area contributed by atoms with Gasteiger partial charge in [-0.05, 0) is 29.3 Å². The van der Waals surface area contributed by atoms with Gasteiger partial charge in [0, 0.05) is 10.6 Å². The second-order valence-electron chi connectivity index (χ2n) is 5.15. The molecule has 0 bridgehead atoms. The zero-order valence-corrected chi connectivity index (χ0v) is 13.1. The second-order valence-corrected chi connectivity index (χ2v) is 5.56. The van der Waals surface area contributed by atoms with Crippen molar-refractivity contribution in [2.75, 3.05) is 0 Å². The van der Waals surface area contributed by atoms with Crippen LogP contribution in [0.3, 0.4) is 0 Å². The van der Waals surface area contributed by atoms with Gasteiger partial charge in [0.05, 0.1) is 12.3 Å². The molecule has 0 aromatic heterocycles. The van der Waals surface area contributed by atoms with Gasteiger partial charge in [-0.25, -0.2) is 0 Å². The molecule has 3 heteroatoms. The fourth-order valence-electron chi connectivity index (χ4n) is 2.49. The van der Waals surface area contributed by atoms with Gasteiger partial charge in [-0.1, -0.05) is 72.3 Å². The largest absolute Gasteiger partial charge is 0.305 e. The molecule has 22 heavy (non-hydrogen) atoms. The molecule has 0 spiro atoms. The van der Waals surface area contributed by atoms with E-state index in [2.05, 4.69) is 46.9 Å². The van der Waals surface area contributed by atoms with E-state index in [1.54, 1.807) is 0 Å². The molecule has 0 aliphatic carbocycles. The summed E-state index contributed by atoms with van der Waals surface area (Å²) in [6.07, 6.45) is 0. The molecule has 3 aromatic carbocycles. The van der Waals surface area contributed by atoms with Gasteiger partial charge in [-0.15, -0.1) is 0 Å². The summed E-state index contributed by atoms with van der Waals surface area (Å²) in [7, 11) is 0. The fourth-order valence-corrected chi connectivity index (χ4v) is 2.69. The average Bonchev–Trinajstić information content (AvgIpc) is 2.56. The van der Waals surface area contributed by atoms with Gasteiger partial charge in [0.25, 0.3) is 0 Å². The van der Waals surface area contributed by atoms with Crippen molar-refractivity contribution in [1.82, 2.24) is 5.43 Å². The lowest BCUT2D eigenvalue weighted by molar-refractivity contribution is 0.744. The Balaban J connectivity index is 1.81. The van der Waals surface area contributed by atoms with Crippen LogP contribution in [0, 0.1) is 0 Å². The molecule has 1 N–H and O–H groups in total. The molecule has 3 rings (SSSR count). The van der Waals surface area contributed by atoms with Crippen molar-refractivity contribution in [3.63, 3.8) is 0 Å². The molecular weight excluding hydrogens is 292 g/mol. The van der Waals surface area contributed by atoms with Gasteiger partial charge in [0.15, 0.2) is 0 Å². The maximum Gasteiger partial charge on any atom is 0.0650 e. The van der Waals surface area contributed by atoms with Gasteiger partial charge in [-0.2, -0.15) is 5.10 Å². The lowest BCUT2D eigenvalue weighted by Gasteiger charge is -2.08. The first-order chi connectivity index (χ1) is 10.8. The summed E-state index contributed by atoms with van der Waals surface area (Å²) >= 11 is 6.15. The van der Waals surface area contributed by atoms with Gasteiger partial charge < -0.3 is 5.43 Å². The monoisotopic (exact) mass is 308 g/mol. The van der Waals surface area contributed by atoms with Crippen molar-refractivity contribution < 1.29 is 0 Å². The van der Waals surface area contributed by atoms with Crippen LogP contribution in [0.5, 0.6) is 0 Å². The van der Waals surface area contributed by atoms with Crippen LogP contribution in [-0.4, -0.2) is 5.71 Å². The van der Waals surface area contributed by atoms with Crippen LogP contribution in [0.4, 0.5) is 0 Å². The lowest BCUT2D eigenvalue weighted by atomic mass is 10.0. The number of nitrogens with one attached hydrogen (secondary N) is 1. The van der Waals surface area contributed by atoms with Crippen LogP contribution in [0.15, 0.2) is 71.8 Å². The topological polar surface area (TPSA) is 24.4 Å². The summed E-state index contributed by atoms with van der Waals surface area (Å²) in [5.74, 6) is 0. The van der Waals surface area contributed by atoms with Crippen molar-refractivity contribution in [3.05, 3.63) is 82.9 Å². The number of halogens is 1. The highest BCUT2D eigenvalue weighted by Crippen LogP contribution is 2.19. The molecule has 0 unspecified atom stereocenters. The van der Waals surface area contributed by atoms with Crippen molar-refractivity contribution >= 4 is 28.1 Å². The molecule has 0 radical (unpaired) electrons. The molecular formula is C19H17ClN2. The molecule has 0 fully saturated rings.